The standard InChI is InChI=1S/C17H22N4S/c1-13-3-2-4-15-16(13)17(19-12-18-15)21-8-6-20(7-9-21)14-5-10-22-11-14/h2-4,12,14H,5-11H2,1H3/t14-/m1/s1. The van der Waals surface area contributed by atoms with E-state index in [1.54, 1.807) is 6.33 Å². The third-order valence-electron chi connectivity index (χ3n) is 4.89. The highest BCUT2D eigenvalue weighted by Crippen LogP contribution is 2.28. The molecule has 2 saturated heterocycles. The van der Waals surface area contributed by atoms with Gasteiger partial charge in [-0.1, -0.05) is 12.1 Å². The van der Waals surface area contributed by atoms with Crippen LogP contribution < -0.4 is 4.90 Å². The number of piperazine rings is 1. The van der Waals surface area contributed by atoms with Gasteiger partial charge in [0, 0.05) is 43.4 Å². The molecule has 0 bridgehead atoms. The molecular formula is C17H22N4S. The Labute approximate surface area is 135 Å². The molecule has 5 heteroatoms. The minimum atomic E-state index is 0.802. The first-order valence-corrected chi connectivity index (χ1v) is 9.25. The zero-order chi connectivity index (χ0) is 14.9. The van der Waals surface area contributed by atoms with Gasteiger partial charge in [0.15, 0.2) is 0 Å². The molecule has 4 nitrogen and oxygen atoms in total. The molecule has 116 valence electrons. The van der Waals surface area contributed by atoms with Crippen molar-refractivity contribution in [1.29, 1.82) is 0 Å². The Morgan fingerprint density at radius 1 is 1.14 bits per heavy atom. The summed E-state index contributed by atoms with van der Waals surface area (Å²) >= 11 is 2.10. The van der Waals surface area contributed by atoms with Crippen molar-refractivity contribution in [3.63, 3.8) is 0 Å². The monoisotopic (exact) mass is 314 g/mol. The van der Waals surface area contributed by atoms with Crippen LogP contribution in [0.5, 0.6) is 0 Å². The first kappa shape index (κ1) is 14.3. The fourth-order valence-corrected chi connectivity index (χ4v) is 4.86. The Balaban J connectivity index is 1.56. The molecule has 0 saturated carbocycles. The number of thioether (sulfide) groups is 1. The third kappa shape index (κ3) is 2.57. The summed E-state index contributed by atoms with van der Waals surface area (Å²) in [5.41, 5.74) is 2.32. The smallest absolute Gasteiger partial charge is 0.140 e. The van der Waals surface area contributed by atoms with Gasteiger partial charge in [0.2, 0.25) is 0 Å². The first-order chi connectivity index (χ1) is 10.8. The van der Waals surface area contributed by atoms with Gasteiger partial charge in [-0.15, -0.1) is 0 Å². The summed E-state index contributed by atoms with van der Waals surface area (Å²) < 4.78 is 0. The molecule has 2 aromatic rings. The molecule has 0 radical (unpaired) electrons. The van der Waals surface area contributed by atoms with Crippen LogP contribution >= 0.6 is 11.8 Å². The van der Waals surface area contributed by atoms with E-state index in [0.29, 0.717) is 0 Å². The number of nitrogens with zero attached hydrogens (tertiary/aromatic N) is 4. The molecule has 0 amide bonds. The van der Waals surface area contributed by atoms with Crippen LogP contribution in [0.2, 0.25) is 0 Å². The number of fused-ring (bicyclic) bond motifs is 1. The van der Waals surface area contributed by atoms with Gasteiger partial charge < -0.3 is 4.90 Å². The normalized spacial score (nSPS) is 23.3. The lowest BCUT2D eigenvalue weighted by Gasteiger charge is -2.38. The molecule has 0 unspecified atom stereocenters. The van der Waals surface area contributed by atoms with Gasteiger partial charge in [-0.3, -0.25) is 4.90 Å². The van der Waals surface area contributed by atoms with Gasteiger partial charge >= 0.3 is 0 Å². The fraction of sp³-hybridized carbons (Fsp3) is 0.529. The van der Waals surface area contributed by atoms with Crippen molar-refractivity contribution in [1.82, 2.24) is 14.9 Å². The second kappa shape index (κ2) is 6.05. The molecule has 0 N–H and O–H groups in total. The Bertz CT molecular complexity index is 656. The van der Waals surface area contributed by atoms with Crippen LogP contribution in [0, 0.1) is 6.92 Å². The largest absolute Gasteiger partial charge is 0.353 e. The van der Waals surface area contributed by atoms with Crippen LogP contribution in [0.15, 0.2) is 24.5 Å². The van der Waals surface area contributed by atoms with Crippen molar-refractivity contribution in [3.8, 4) is 0 Å². The molecule has 2 aliphatic rings. The molecule has 3 heterocycles. The SMILES string of the molecule is Cc1cccc2ncnc(N3CCN([C@@H]4CCSC4)CC3)c12. The first-order valence-electron chi connectivity index (χ1n) is 8.10. The number of aryl methyl sites for hydroxylation is 1. The predicted molar refractivity (Wildman–Crippen MR) is 93.8 cm³/mol. The number of anilines is 1. The van der Waals surface area contributed by atoms with E-state index >= 15 is 0 Å². The lowest BCUT2D eigenvalue weighted by atomic mass is 10.1. The molecule has 0 aliphatic carbocycles. The Hall–Kier alpha value is -1.33. The molecule has 4 rings (SSSR count). The number of rotatable bonds is 2. The molecule has 1 atom stereocenters. The van der Waals surface area contributed by atoms with E-state index < -0.39 is 0 Å². The number of benzene rings is 1. The van der Waals surface area contributed by atoms with Crippen LogP contribution in [0.3, 0.4) is 0 Å². The molecule has 1 aromatic carbocycles. The van der Waals surface area contributed by atoms with Crippen molar-refractivity contribution < 1.29 is 0 Å². The highest BCUT2D eigenvalue weighted by Gasteiger charge is 2.27. The molecule has 22 heavy (non-hydrogen) atoms. The third-order valence-corrected chi connectivity index (χ3v) is 6.03. The molecule has 1 aromatic heterocycles. The molecule has 2 aliphatic heterocycles. The summed E-state index contributed by atoms with van der Waals surface area (Å²) in [6.45, 7) is 6.61. The zero-order valence-corrected chi connectivity index (χ0v) is 13.9. The topological polar surface area (TPSA) is 32.3 Å². The summed E-state index contributed by atoms with van der Waals surface area (Å²) in [4.78, 5) is 14.1. The summed E-state index contributed by atoms with van der Waals surface area (Å²) in [7, 11) is 0. The van der Waals surface area contributed by atoms with E-state index in [1.807, 2.05) is 0 Å². The summed E-state index contributed by atoms with van der Waals surface area (Å²) in [5.74, 6) is 3.76. The van der Waals surface area contributed by atoms with Crippen molar-refractivity contribution >= 4 is 28.5 Å². The lowest BCUT2D eigenvalue weighted by Crippen LogP contribution is -2.50. The molecular weight excluding hydrogens is 292 g/mol. The van der Waals surface area contributed by atoms with Gasteiger partial charge in [0.05, 0.1) is 5.52 Å². The number of hydrogen-bond acceptors (Lipinski definition) is 5. The number of hydrogen-bond donors (Lipinski definition) is 0. The zero-order valence-electron chi connectivity index (χ0n) is 13.0. The van der Waals surface area contributed by atoms with E-state index in [2.05, 4.69) is 56.7 Å². The van der Waals surface area contributed by atoms with E-state index in [9.17, 15) is 0 Å². The van der Waals surface area contributed by atoms with Gasteiger partial charge in [-0.2, -0.15) is 11.8 Å². The van der Waals surface area contributed by atoms with Crippen molar-refractivity contribution in [2.24, 2.45) is 0 Å². The van der Waals surface area contributed by atoms with Crippen LogP contribution in [0.25, 0.3) is 10.9 Å². The van der Waals surface area contributed by atoms with Crippen molar-refractivity contribution in [2.45, 2.75) is 19.4 Å². The average molecular weight is 314 g/mol. The van der Waals surface area contributed by atoms with Crippen molar-refractivity contribution in [3.05, 3.63) is 30.1 Å². The summed E-state index contributed by atoms with van der Waals surface area (Å²) in [6, 6.07) is 7.11. The van der Waals surface area contributed by atoms with Crippen LogP contribution in [0.4, 0.5) is 5.82 Å². The summed E-state index contributed by atoms with van der Waals surface area (Å²) in [6.07, 6.45) is 3.07. The second-order valence-electron chi connectivity index (χ2n) is 6.21. The van der Waals surface area contributed by atoms with Gasteiger partial charge in [-0.25, -0.2) is 9.97 Å². The van der Waals surface area contributed by atoms with E-state index in [0.717, 1.165) is 43.6 Å². The molecule has 2 fully saturated rings. The Kier molecular flexibility index (Phi) is 3.92. The minimum absolute atomic E-state index is 0.802. The fourth-order valence-electron chi connectivity index (χ4n) is 3.61. The maximum absolute atomic E-state index is 4.61. The van der Waals surface area contributed by atoms with E-state index in [4.69, 9.17) is 0 Å². The minimum Gasteiger partial charge on any atom is -0.353 e. The highest BCUT2D eigenvalue weighted by molar-refractivity contribution is 7.99. The van der Waals surface area contributed by atoms with Gasteiger partial charge in [0.1, 0.15) is 12.1 Å². The second-order valence-corrected chi connectivity index (χ2v) is 7.36. The maximum Gasteiger partial charge on any atom is 0.140 e. The average Bonchev–Trinajstić information content (AvgIpc) is 3.09. The maximum atomic E-state index is 4.61. The van der Waals surface area contributed by atoms with Crippen LogP contribution in [-0.2, 0) is 0 Å². The van der Waals surface area contributed by atoms with Crippen LogP contribution in [0.1, 0.15) is 12.0 Å². The lowest BCUT2D eigenvalue weighted by molar-refractivity contribution is 0.200. The Morgan fingerprint density at radius 3 is 2.77 bits per heavy atom. The van der Waals surface area contributed by atoms with Crippen molar-refractivity contribution in [2.75, 3.05) is 42.6 Å². The molecule has 0 spiro atoms. The quantitative estimate of drug-likeness (QED) is 0.850. The summed E-state index contributed by atoms with van der Waals surface area (Å²) in [5, 5.41) is 1.22. The Morgan fingerprint density at radius 2 is 2.00 bits per heavy atom. The predicted octanol–water partition coefficient (Wildman–Crippen LogP) is 2.57. The van der Waals surface area contributed by atoms with E-state index in [1.165, 1.54) is 28.9 Å². The van der Waals surface area contributed by atoms with Gasteiger partial charge in [0.25, 0.3) is 0 Å². The number of aromatic nitrogens is 2. The van der Waals surface area contributed by atoms with E-state index in [-0.39, 0.29) is 0 Å². The van der Waals surface area contributed by atoms with Crippen LogP contribution in [-0.4, -0.2) is 58.6 Å². The highest BCUT2D eigenvalue weighted by atomic mass is 32.2. The van der Waals surface area contributed by atoms with Gasteiger partial charge in [-0.05, 0) is 30.7 Å².